The summed E-state index contributed by atoms with van der Waals surface area (Å²) in [6.07, 6.45) is 1.13. The smallest absolute Gasteiger partial charge is 0.220 e. The first-order valence-corrected chi connectivity index (χ1v) is 7.84. The molecule has 0 aliphatic rings. The third-order valence-corrected chi connectivity index (χ3v) is 3.99. The van der Waals surface area contributed by atoms with Gasteiger partial charge in [-0.25, -0.2) is 4.98 Å². The molecule has 0 spiro atoms. The van der Waals surface area contributed by atoms with E-state index in [9.17, 15) is 4.79 Å². The largest absolute Gasteiger partial charge is 0.383 e. The minimum Gasteiger partial charge on any atom is -0.383 e. The van der Waals surface area contributed by atoms with Crippen LogP contribution in [0.2, 0.25) is 0 Å². The van der Waals surface area contributed by atoms with E-state index < -0.39 is 0 Å². The van der Waals surface area contributed by atoms with Crippen molar-refractivity contribution >= 4 is 17.2 Å². The summed E-state index contributed by atoms with van der Waals surface area (Å²) < 4.78 is 4.89. The van der Waals surface area contributed by atoms with Crippen molar-refractivity contribution in [2.75, 3.05) is 20.3 Å². The molecule has 0 saturated heterocycles. The number of hydrogen-bond acceptors (Lipinski definition) is 4. The lowest BCUT2D eigenvalue weighted by Crippen LogP contribution is -2.27. The number of ether oxygens (including phenoxy) is 1. The van der Waals surface area contributed by atoms with E-state index in [2.05, 4.69) is 35.4 Å². The van der Waals surface area contributed by atoms with E-state index >= 15 is 0 Å². The molecule has 1 N–H and O–H groups in total. The second kappa shape index (κ2) is 7.90. The topological polar surface area (TPSA) is 51.2 Å². The van der Waals surface area contributed by atoms with Crippen LogP contribution in [0.1, 0.15) is 17.7 Å². The number of nitrogens with one attached hydrogen (secondary N) is 1. The Morgan fingerprint density at radius 2 is 2.29 bits per heavy atom. The quantitative estimate of drug-likeness (QED) is 0.800. The van der Waals surface area contributed by atoms with E-state index in [1.807, 2.05) is 11.4 Å². The van der Waals surface area contributed by atoms with E-state index in [1.54, 1.807) is 18.4 Å². The highest BCUT2D eigenvalue weighted by atomic mass is 32.1. The van der Waals surface area contributed by atoms with E-state index in [-0.39, 0.29) is 5.91 Å². The lowest BCUT2D eigenvalue weighted by Gasteiger charge is -2.03. The molecule has 4 nitrogen and oxygen atoms in total. The highest BCUT2D eigenvalue weighted by Crippen LogP contribution is 2.24. The lowest BCUT2D eigenvalue weighted by atomic mass is 10.1. The minimum atomic E-state index is 0.0390. The van der Waals surface area contributed by atoms with Crippen molar-refractivity contribution in [3.8, 4) is 10.6 Å². The summed E-state index contributed by atoms with van der Waals surface area (Å²) in [6.45, 7) is 3.17. The minimum absolute atomic E-state index is 0.0390. The van der Waals surface area contributed by atoms with Gasteiger partial charge >= 0.3 is 0 Å². The molecule has 0 unspecified atom stereocenters. The maximum Gasteiger partial charge on any atom is 0.220 e. The van der Waals surface area contributed by atoms with Gasteiger partial charge in [-0.3, -0.25) is 4.79 Å². The molecule has 0 bridgehead atoms. The van der Waals surface area contributed by atoms with Crippen LogP contribution in [0.25, 0.3) is 10.6 Å². The number of amides is 1. The average Bonchev–Trinajstić information content (AvgIpc) is 2.94. The van der Waals surface area contributed by atoms with E-state index in [4.69, 9.17) is 4.74 Å². The van der Waals surface area contributed by atoms with Gasteiger partial charge < -0.3 is 10.1 Å². The molecule has 1 amide bonds. The summed E-state index contributed by atoms with van der Waals surface area (Å²) in [4.78, 5) is 16.2. The number of carbonyl (C=O) groups excluding carboxylic acids is 1. The standard InChI is InChI=1S/C16H20N2O2S/c1-12-4-3-5-13(10-12)16-18-14(11-21-16)6-7-15(19)17-8-9-20-2/h3-5,10-11H,6-9H2,1-2H3,(H,17,19). The van der Waals surface area contributed by atoms with Gasteiger partial charge in [0.15, 0.2) is 0 Å². The summed E-state index contributed by atoms with van der Waals surface area (Å²) in [5.74, 6) is 0.0390. The molecule has 5 heteroatoms. The Morgan fingerprint density at radius 3 is 3.05 bits per heavy atom. The maximum atomic E-state index is 11.6. The maximum absolute atomic E-state index is 11.6. The Labute approximate surface area is 129 Å². The number of benzene rings is 1. The Bertz CT molecular complexity index is 595. The molecular formula is C16H20N2O2S. The molecule has 2 aromatic rings. The number of hydrogen-bond donors (Lipinski definition) is 1. The number of carbonyl (C=O) groups is 1. The van der Waals surface area contributed by atoms with Crippen LogP contribution in [0.5, 0.6) is 0 Å². The molecule has 0 atom stereocenters. The van der Waals surface area contributed by atoms with Gasteiger partial charge in [0, 0.05) is 31.0 Å². The van der Waals surface area contributed by atoms with Crippen molar-refractivity contribution in [1.82, 2.24) is 10.3 Å². The molecule has 1 aromatic heterocycles. The molecule has 112 valence electrons. The van der Waals surface area contributed by atoms with E-state index in [1.165, 1.54) is 5.56 Å². The van der Waals surface area contributed by atoms with Gasteiger partial charge in [-0.1, -0.05) is 23.8 Å². The molecule has 0 saturated carbocycles. The Hall–Kier alpha value is -1.72. The van der Waals surface area contributed by atoms with Crippen LogP contribution in [0.15, 0.2) is 29.6 Å². The number of aryl methyl sites for hydroxylation is 2. The van der Waals surface area contributed by atoms with Crippen LogP contribution in [0.4, 0.5) is 0 Å². The molecule has 0 fully saturated rings. The van der Waals surface area contributed by atoms with Gasteiger partial charge in [0.05, 0.1) is 12.3 Å². The van der Waals surface area contributed by atoms with Gasteiger partial charge in [-0.05, 0) is 19.4 Å². The number of aromatic nitrogens is 1. The van der Waals surface area contributed by atoms with Crippen LogP contribution >= 0.6 is 11.3 Å². The van der Waals surface area contributed by atoms with Crippen molar-refractivity contribution < 1.29 is 9.53 Å². The van der Waals surface area contributed by atoms with Gasteiger partial charge in [0.1, 0.15) is 5.01 Å². The first-order chi connectivity index (χ1) is 10.2. The summed E-state index contributed by atoms with van der Waals surface area (Å²) in [5, 5.41) is 5.85. The Morgan fingerprint density at radius 1 is 1.43 bits per heavy atom. The molecule has 0 aliphatic carbocycles. The summed E-state index contributed by atoms with van der Waals surface area (Å²) in [5.41, 5.74) is 3.33. The fraction of sp³-hybridized carbons (Fsp3) is 0.375. The molecule has 0 radical (unpaired) electrons. The SMILES string of the molecule is COCCNC(=O)CCc1csc(-c2cccc(C)c2)n1. The predicted molar refractivity (Wildman–Crippen MR) is 85.5 cm³/mol. The molecular weight excluding hydrogens is 284 g/mol. The Kier molecular flexibility index (Phi) is 5.90. The van der Waals surface area contributed by atoms with Crippen LogP contribution in [-0.4, -0.2) is 31.2 Å². The number of thiazole rings is 1. The van der Waals surface area contributed by atoms with E-state index in [0.29, 0.717) is 26.0 Å². The molecule has 0 aliphatic heterocycles. The third kappa shape index (κ3) is 4.95. The average molecular weight is 304 g/mol. The molecule has 2 rings (SSSR count). The fourth-order valence-electron chi connectivity index (χ4n) is 1.95. The number of nitrogens with zero attached hydrogens (tertiary/aromatic N) is 1. The molecule has 21 heavy (non-hydrogen) atoms. The van der Waals surface area contributed by atoms with Gasteiger partial charge in [-0.2, -0.15) is 0 Å². The van der Waals surface area contributed by atoms with Gasteiger partial charge in [0.25, 0.3) is 0 Å². The molecule has 1 aromatic carbocycles. The van der Waals surface area contributed by atoms with Gasteiger partial charge in [0.2, 0.25) is 5.91 Å². The monoisotopic (exact) mass is 304 g/mol. The summed E-state index contributed by atoms with van der Waals surface area (Å²) >= 11 is 1.62. The Balaban J connectivity index is 1.87. The summed E-state index contributed by atoms with van der Waals surface area (Å²) in [6, 6.07) is 8.30. The summed E-state index contributed by atoms with van der Waals surface area (Å²) in [7, 11) is 1.62. The first kappa shape index (κ1) is 15.7. The van der Waals surface area contributed by atoms with Gasteiger partial charge in [-0.15, -0.1) is 11.3 Å². The predicted octanol–water partition coefficient (Wildman–Crippen LogP) is 2.81. The zero-order chi connectivity index (χ0) is 15.1. The van der Waals surface area contributed by atoms with Crippen LogP contribution in [-0.2, 0) is 16.0 Å². The zero-order valence-corrected chi connectivity index (χ0v) is 13.2. The van der Waals surface area contributed by atoms with Crippen LogP contribution in [0.3, 0.4) is 0 Å². The first-order valence-electron chi connectivity index (χ1n) is 6.96. The highest BCUT2D eigenvalue weighted by molar-refractivity contribution is 7.13. The second-order valence-electron chi connectivity index (χ2n) is 4.86. The van der Waals surface area contributed by atoms with Crippen molar-refractivity contribution in [2.45, 2.75) is 19.8 Å². The molecule has 1 heterocycles. The third-order valence-electron chi connectivity index (χ3n) is 3.05. The van der Waals surface area contributed by atoms with Crippen molar-refractivity contribution in [2.24, 2.45) is 0 Å². The fourth-order valence-corrected chi connectivity index (χ4v) is 2.81. The van der Waals surface area contributed by atoms with Crippen molar-refractivity contribution in [1.29, 1.82) is 0 Å². The van der Waals surface area contributed by atoms with Crippen LogP contribution in [0, 0.1) is 6.92 Å². The number of rotatable bonds is 7. The lowest BCUT2D eigenvalue weighted by molar-refractivity contribution is -0.121. The normalized spacial score (nSPS) is 10.6. The van der Waals surface area contributed by atoms with E-state index in [0.717, 1.165) is 16.3 Å². The van der Waals surface area contributed by atoms with Crippen molar-refractivity contribution in [3.05, 3.63) is 40.9 Å². The highest BCUT2D eigenvalue weighted by Gasteiger charge is 2.07. The zero-order valence-electron chi connectivity index (χ0n) is 12.4. The van der Waals surface area contributed by atoms with Crippen molar-refractivity contribution in [3.63, 3.8) is 0 Å². The number of methoxy groups -OCH3 is 1. The second-order valence-corrected chi connectivity index (χ2v) is 5.71. The van der Waals surface area contributed by atoms with Crippen LogP contribution < -0.4 is 5.32 Å².